The molecule has 0 aliphatic heterocycles. The van der Waals surface area contributed by atoms with E-state index in [4.69, 9.17) is 11.6 Å². The van der Waals surface area contributed by atoms with E-state index in [-0.39, 0.29) is 0 Å². The first-order valence-electron chi connectivity index (χ1n) is 6.17. The first-order chi connectivity index (χ1) is 8.74. The number of hydrogen-bond acceptors (Lipinski definition) is 3. The Labute approximate surface area is 119 Å². The highest BCUT2D eigenvalue weighted by Gasteiger charge is 2.02. The highest BCUT2D eigenvalue weighted by molar-refractivity contribution is 7.99. The molecular weight excluding hydrogens is 266 g/mol. The van der Waals surface area contributed by atoms with Crippen molar-refractivity contribution in [2.24, 2.45) is 0 Å². The second-order valence-corrected chi connectivity index (χ2v) is 5.84. The van der Waals surface area contributed by atoms with Crippen LogP contribution in [0.25, 0.3) is 0 Å². The average Bonchev–Trinajstić information content (AvgIpc) is 2.37. The summed E-state index contributed by atoms with van der Waals surface area (Å²) in [6.07, 6.45) is 2.62. The minimum atomic E-state index is 0.661. The van der Waals surface area contributed by atoms with E-state index in [1.54, 1.807) is 0 Å². The van der Waals surface area contributed by atoms with Gasteiger partial charge in [0.15, 0.2) is 0 Å². The van der Waals surface area contributed by atoms with Crippen LogP contribution in [0.15, 0.2) is 24.3 Å². The Morgan fingerprint density at radius 3 is 2.78 bits per heavy atom. The third-order valence-corrected chi connectivity index (χ3v) is 4.08. The van der Waals surface area contributed by atoms with E-state index in [1.807, 2.05) is 30.0 Å². The molecule has 0 aliphatic carbocycles. The van der Waals surface area contributed by atoms with Crippen LogP contribution in [0.2, 0.25) is 5.02 Å². The summed E-state index contributed by atoms with van der Waals surface area (Å²) < 4.78 is 0. The van der Waals surface area contributed by atoms with Crippen molar-refractivity contribution in [1.82, 2.24) is 4.90 Å². The molecule has 0 atom stereocenters. The number of nitrogens with zero attached hydrogens (tertiary/aromatic N) is 1. The molecule has 0 saturated carbocycles. The highest BCUT2D eigenvalue weighted by Crippen LogP contribution is 2.15. The Hall–Kier alpha value is -0.510. The quantitative estimate of drug-likeness (QED) is 0.514. The molecule has 1 rings (SSSR count). The lowest BCUT2D eigenvalue weighted by Gasteiger charge is -2.16. The van der Waals surface area contributed by atoms with Gasteiger partial charge in [-0.25, -0.2) is 0 Å². The van der Waals surface area contributed by atoms with Crippen LogP contribution in [0.3, 0.4) is 0 Å². The normalized spacial score (nSPS) is 10.8. The standard InChI is InChI=1S/C14H20ClNOS/c1-16(9-12-18-11-4-10-17)8-7-13-5-2-3-6-14(13)15/h2-3,5-6,10H,4,7-9,11-12H2,1H3. The maximum absolute atomic E-state index is 10.2. The van der Waals surface area contributed by atoms with Crippen LogP contribution in [-0.4, -0.2) is 42.8 Å². The zero-order chi connectivity index (χ0) is 13.2. The lowest BCUT2D eigenvalue weighted by Crippen LogP contribution is -2.24. The van der Waals surface area contributed by atoms with Crippen molar-refractivity contribution in [2.75, 3.05) is 31.6 Å². The molecule has 1 aromatic carbocycles. The summed E-state index contributed by atoms with van der Waals surface area (Å²) in [6, 6.07) is 8.00. The molecule has 18 heavy (non-hydrogen) atoms. The number of likely N-dealkylation sites (N-methyl/N-ethyl adjacent to an activating group) is 1. The number of halogens is 1. The summed E-state index contributed by atoms with van der Waals surface area (Å²) in [5.74, 6) is 2.01. The first kappa shape index (κ1) is 15.5. The average molecular weight is 286 g/mol. The number of aldehydes is 1. The molecule has 0 unspecified atom stereocenters. The molecule has 1 aromatic rings. The van der Waals surface area contributed by atoms with Crippen molar-refractivity contribution in [2.45, 2.75) is 12.8 Å². The smallest absolute Gasteiger partial charge is 0.120 e. The van der Waals surface area contributed by atoms with Crippen molar-refractivity contribution in [3.63, 3.8) is 0 Å². The van der Waals surface area contributed by atoms with E-state index in [1.165, 1.54) is 5.56 Å². The summed E-state index contributed by atoms with van der Waals surface area (Å²) in [7, 11) is 2.12. The van der Waals surface area contributed by atoms with Gasteiger partial charge in [-0.15, -0.1) is 0 Å². The number of hydrogen-bond donors (Lipinski definition) is 0. The van der Waals surface area contributed by atoms with Crippen LogP contribution in [0.1, 0.15) is 12.0 Å². The first-order valence-corrected chi connectivity index (χ1v) is 7.70. The van der Waals surface area contributed by atoms with E-state index in [0.717, 1.165) is 42.3 Å². The second kappa shape index (κ2) is 9.42. The van der Waals surface area contributed by atoms with Crippen molar-refractivity contribution in [3.05, 3.63) is 34.9 Å². The van der Waals surface area contributed by atoms with Gasteiger partial charge < -0.3 is 9.69 Å². The van der Waals surface area contributed by atoms with Crippen LogP contribution in [-0.2, 0) is 11.2 Å². The van der Waals surface area contributed by atoms with Gasteiger partial charge in [0, 0.05) is 30.3 Å². The predicted octanol–water partition coefficient (Wildman–Crippen LogP) is 3.14. The van der Waals surface area contributed by atoms with E-state index in [0.29, 0.717) is 6.42 Å². The van der Waals surface area contributed by atoms with Gasteiger partial charge in [-0.3, -0.25) is 0 Å². The Morgan fingerprint density at radius 2 is 2.06 bits per heavy atom. The van der Waals surface area contributed by atoms with Crippen LogP contribution < -0.4 is 0 Å². The summed E-state index contributed by atoms with van der Waals surface area (Å²) >= 11 is 7.95. The molecule has 0 N–H and O–H groups in total. The van der Waals surface area contributed by atoms with Crippen molar-refractivity contribution in [1.29, 1.82) is 0 Å². The molecule has 2 nitrogen and oxygen atoms in total. The van der Waals surface area contributed by atoms with E-state index in [9.17, 15) is 4.79 Å². The number of rotatable bonds is 9. The molecule has 4 heteroatoms. The fourth-order valence-electron chi connectivity index (χ4n) is 1.58. The molecule has 0 amide bonds. The van der Waals surface area contributed by atoms with Gasteiger partial charge in [-0.1, -0.05) is 29.8 Å². The third kappa shape index (κ3) is 6.43. The van der Waals surface area contributed by atoms with Gasteiger partial charge in [-0.05, 0) is 30.9 Å². The van der Waals surface area contributed by atoms with Crippen LogP contribution in [0.5, 0.6) is 0 Å². The minimum Gasteiger partial charge on any atom is -0.305 e. The number of thioether (sulfide) groups is 1. The van der Waals surface area contributed by atoms with Crippen LogP contribution in [0.4, 0.5) is 0 Å². The third-order valence-electron chi connectivity index (χ3n) is 2.72. The van der Waals surface area contributed by atoms with Gasteiger partial charge >= 0.3 is 0 Å². The molecule has 0 radical (unpaired) electrons. The molecule has 0 aromatic heterocycles. The number of carbonyl (C=O) groups is 1. The Bertz CT molecular complexity index is 359. The summed E-state index contributed by atoms with van der Waals surface area (Å²) in [6.45, 7) is 2.06. The largest absolute Gasteiger partial charge is 0.305 e. The van der Waals surface area contributed by atoms with Crippen molar-refractivity contribution < 1.29 is 4.79 Å². The monoisotopic (exact) mass is 285 g/mol. The molecule has 0 saturated heterocycles. The lowest BCUT2D eigenvalue weighted by molar-refractivity contribution is -0.107. The zero-order valence-corrected chi connectivity index (χ0v) is 12.3. The van der Waals surface area contributed by atoms with Crippen molar-refractivity contribution in [3.8, 4) is 0 Å². The predicted molar refractivity (Wildman–Crippen MR) is 80.7 cm³/mol. The van der Waals surface area contributed by atoms with Crippen molar-refractivity contribution >= 4 is 29.6 Å². The van der Waals surface area contributed by atoms with E-state index < -0.39 is 0 Å². The molecule has 0 bridgehead atoms. The SMILES string of the molecule is CN(CCSCCC=O)CCc1ccccc1Cl. The van der Waals surface area contributed by atoms with Gasteiger partial charge in [0.05, 0.1) is 0 Å². The van der Waals surface area contributed by atoms with E-state index in [2.05, 4.69) is 18.0 Å². The second-order valence-electron chi connectivity index (χ2n) is 4.21. The fourth-order valence-corrected chi connectivity index (χ4v) is 2.72. The summed E-state index contributed by atoms with van der Waals surface area (Å²) in [4.78, 5) is 12.5. The molecule has 100 valence electrons. The lowest BCUT2D eigenvalue weighted by atomic mass is 10.1. The molecular formula is C14H20ClNOS. The Balaban J connectivity index is 2.15. The van der Waals surface area contributed by atoms with E-state index >= 15 is 0 Å². The van der Waals surface area contributed by atoms with Gasteiger partial charge in [0.25, 0.3) is 0 Å². The minimum absolute atomic E-state index is 0.661. The van der Waals surface area contributed by atoms with Crippen LogP contribution in [0, 0.1) is 0 Å². The summed E-state index contributed by atoms with van der Waals surface area (Å²) in [5, 5.41) is 0.853. The fraction of sp³-hybridized carbons (Fsp3) is 0.500. The summed E-state index contributed by atoms with van der Waals surface area (Å²) in [5.41, 5.74) is 1.21. The van der Waals surface area contributed by atoms with Crippen LogP contribution >= 0.6 is 23.4 Å². The molecule has 0 fully saturated rings. The molecule has 0 aliphatic rings. The Morgan fingerprint density at radius 1 is 1.28 bits per heavy atom. The zero-order valence-electron chi connectivity index (χ0n) is 10.8. The number of benzene rings is 1. The molecule has 0 heterocycles. The maximum Gasteiger partial charge on any atom is 0.120 e. The maximum atomic E-state index is 10.2. The number of carbonyl (C=O) groups excluding carboxylic acids is 1. The highest BCUT2D eigenvalue weighted by atomic mass is 35.5. The molecule has 0 spiro atoms. The topological polar surface area (TPSA) is 20.3 Å². The van der Waals surface area contributed by atoms with Gasteiger partial charge in [0.1, 0.15) is 6.29 Å². The van der Waals surface area contributed by atoms with Gasteiger partial charge in [-0.2, -0.15) is 11.8 Å². The Kier molecular flexibility index (Phi) is 8.14. The van der Waals surface area contributed by atoms with Gasteiger partial charge in [0.2, 0.25) is 0 Å².